The molecule has 0 fully saturated rings. The van der Waals surface area contributed by atoms with Gasteiger partial charge in [0.1, 0.15) is 11.8 Å². The van der Waals surface area contributed by atoms with Crippen LogP contribution in [0.2, 0.25) is 0 Å². The highest BCUT2D eigenvalue weighted by Gasteiger charge is 2.27. The van der Waals surface area contributed by atoms with Gasteiger partial charge in [0.2, 0.25) is 0 Å². The minimum Gasteiger partial charge on any atom is -0.497 e. The van der Waals surface area contributed by atoms with E-state index in [1.165, 1.54) is 4.90 Å². The average molecular weight is 356 g/mol. The van der Waals surface area contributed by atoms with E-state index in [1.54, 1.807) is 45.2 Å². The molecule has 2 amide bonds. The molecule has 0 radical (unpaired) electrons. The standard InChI is InChI=1S/C20H24N2O4/c1-4-26-19(23)15(2)22(14-16-9-6-5-7-10-16)20(24)21-17-11-8-12-18(13-17)25-3/h5-13,15H,4,14H2,1-3H3,(H,21,24). The summed E-state index contributed by atoms with van der Waals surface area (Å²) in [5, 5.41) is 2.81. The first-order valence-corrected chi connectivity index (χ1v) is 8.47. The fourth-order valence-corrected chi connectivity index (χ4v) is 2.45. The maximum Gasteiger partial charge on any atom is 0.328 e. The number of esters is 1. The van der Waals surface area contributed by atoms with Crippen molar-refractivity contribution in [3.05, 3.63) is 60.2 Å². The molecule has 2 aromatic rings. The summed E-state index contributed by atoms with van der Waals surface area (Å²) in [6, 6.07) is 15.4. The highest BCUT2D eigenvalue weighted by molar-refractivity contribution is 5.92. The predicted octanol–water partition coefficient (Wildman–Crippen LogP) is 3.68. The largest absolute Gasteiger partial charge is 0.497 e. The highest BCUT2D eigenvalue weighted by Crippen LogP contribution is 2.18. The Morgan fingerprint density at radius 3 is 2.50 bits per heavy atom. The molecule has 138 valence electrons. The molecular weight excluding hydrogens is 332 g/mol. The molecule has 6 nitrogen and oxygen atoms in total. The molecule has 0 saturated heterocycles. The van der Waals surface area contributed by atoms with Crippen molar-refractivity contribution in [2.45, 2.75) is 26.4 Å². The molecule has 0 bridgehead atoms. The van der Waals surface area contributed by atoms with Gasteiger partial charge in [0, 0.05) is 18.3 Å². The summed E-state index contributed by atoms with van der Waals surface area (Å²) in [5.41, 5.74) is 1.51. The van der Waals surface area contributed by atoms with Gasteiger partial charge in [-0.15, -0.1) is 0 Å². The van der Waals surface area contributed by atoms with Gasteiger partial charge in [-0.05, 0) is 31.5 Å². The van der Waals surface area contributed by atoms with Crippen LogP contribution in [-0.4, -0.2) is 36.7 Å². The molecule has 0 aliphatic carbocycles. The number of carbonyl (C=O) groups is 2. The van der Waals surface area contributed by atoms with Crippen LogP contribution < -0.4 is 10.1 Å². The zero-order chi connectivity index (χ0) is 18.9. The second-order valence-corrected chi connectivity index (χ2v) is 5.70. The molecular formula is C20H24N2O4. The van der Waals surface area contributed by atoms with E-state index in [1.807, 2.05) is 30.3 Å². The predicted molar refractivity (Wildman–Crippen MR) is 100 cm³/mol. The Labute approximate surface area is 153 Å². The number of rotatable bonds is 7. The number of amides is 2. The van der Waals surface area contributed by atoms with Gasteiger partial charge >= 0.3 is 12.0 Å². The molecule has 0 saturated carbocycles. The number of methoxy groups -OCH3 is 1. The Balaban J connectivity index is 2.20. The Kier molecular flexibility index (Phi) is 7.02. The quantitative estimate of drug-likeness (QED) is 0.769. The number of benzene rings is 2. The van der Waals surface area contributed by atoms with Crippen molar-refractivity contribution in [2.24, 2.45) is 0 Å². The number of nitrogens with zero attached hydrogens (tertiary/aromatic N) is 1. The zero-order valence-corrected chi connectivity index (χ0v) is 15.3. The molecule has 26 heavy (non-hydrogen) atoms. The number of anilines is 1. The van der Waals surface area contributed by atoms with E-state index < -0.39 is 12.0 Å². The third kappa shape index (κ3) is 5.24. The lowest BCUT2D eigenvalue weighted by Crippen LogP contribution is -2.45. The second kappa shape index (κ2) is 9.46. The van der Waals surface area contributed by atoms with Crippen molar-refractivity contribution in [3.63, 3.8) is 0 Å². The number of ether oxygens (including phenoxy) is 2. The molecule has 2 rings (SSSR count). The fourth-order valence-electron chi connectivity index (χ4n) is 2.45. The summed E-state index contributed by atoms with van der Waals surface area (Å²) in [6.45, 7) is 3.95. The summed E-state index contributed by atoms with van der Waals surface area (Å²) < 4.78 is 10.2. The summed E-state index contributed by atoms with van der Waals surface area (Å²) >= 11 is 0. The van der Waals surface area contributed by atoms with Crippen LogP contribution in [0.15, 0.2) is 54.6 Å². The molecule has 0 aliphatic heterocycles. The monoisotopic (exact) mass is 356 g/mol. The maximum absolute atomic E-state index is 12.8. The van der Waals surface area contributed by atoms with Crippen LogP contribution in [0.5, 0.6) is 5.75 Å². The highest BCUT2D eigenvalue weighted by atomic mass is 16.5. The Hall–Kier alpha value is -3.02. The van der Waals surface area contributed by atoms with Gasteiger partial charge in [0.15, 0.2) is 0 Å². The van der Waals surface area contributed by atoms with Crippen LogP contribution in [0.4, 0.5) is 10.5 Å². The summed E-state index contributed by atoms with van der Waals surface area (Å²) in [6.07, 6.45) is 0. The number of carbonyl (C=O) groups excluding carboxylic acids is 2. The molecule has 6 heteroatoms. The normalized spacial score (nSPS) is 11.3. The smallest absolute Gasteiger partial charge is 0.328 e. The first kappa shape index (κ1) is 19.3. The van der Waals surface area contributed by atoms with Gasteiger partial charge < -0.3 is 19.7 Å². The Bertz CT molecular complexity index is 734. The van der Waals surface area contributed by atoms with E-state index in [4.69, 9.17) is 9.47 Å². The van der Waals surface area contributed by atoms with Gasteiger partial charge in [-0.25, -0.2) is 9.59 Å². The van der Waals surface area contributed by atoms with Crippen molar-refractivity contribution in [3.8, 4) is 5.75 Å². The lowest BCUT2D eigenvalue weighted by atomic mass is 10.2. The lowest BCUT2D eigenvalue weighted by Gasteiger charge is -2.28. The van der Waals surface area contributed by atoms with E-state index in [9.17, 15) is 9.59 Å². The van der Waals surface area contributed by atoms with E-state index >= 15 is 0 Å². The van der Waals surface area contributed by atoms with Gasteiger partial charge in [0.05, 0.1) is 13.7 Å². The number of nitrogens with one attached hydrogen (secondary N) is 1. The zero-order valence-electron chi connectivity index (χ0n) is 15.3. The van der Waals surface area contributed by atoms with Crippen LogP contribution in [0.1, 0.15) is 19.4 Å². The van der Waals surface area contributed by atoms with E-state index in [0.29, 0.717) is 11.4 Å². The van der Waals surface area contributed by atoms with Gasteiger partial charge in [0.25, 0.3) is 0 Å². The Morgan fingerprint density at radius 2 is 1.85 bits per heavy atom. The molecule has 0 aromatic heterocycles. The third-order valence-electron chi connectivity index (χ3n) is 3.87. The first-order chi connectivity index (χ1) is 12.5. The second-order valence-electron chi connectivity index (χ2n) is 5.70. The SMILES string of the molecule is CCOC(=O)C(C)N(Cc1ccccc1)C(=O)Nc1cccc(OC)c1. The van der Waals surface area contributed by atoms with Crippen LogP contribution in [0.3, 0.4) is 0 Å². The first-order valence-electron chi connectivity index (χ1n) is 8.47. The molecule has 1 unspecified atom stereocenters. The Morgan fingerprint density at radius 1 is 1.12 bits per heavy atom. The van der Waals surface area contributed by atoms with Crippen molar-refractivity contribution in [1.82, 2.24) is 4.90 Å². The molecule has 1 N–H and O–H groups in total. The molecule has 1 atom stereocenters. The number of hydrogen-bond acceptors (Lipinski definition) is 4. The van der Waals surface area contributed by atoms with Crippen LogP contribution in [-0.2, 0) is 16.1 Å². The van der Waals surface area contributed by atoms with Crippen LogP contribution in [0.25, 0.3) is 0 Å². The van der Waals surface area contributed by atoms with Gasteiger partial charge in [-0.1, -0.05) is 36.4 Å². The molecule has 2 aromatic carbocycles. The summed E-state index contributed by atoms with van der Waals surface area (Å²) in [4.78, 5) is 26.5. The van der Waals surface area contributed by atoms with E-state index in [2.05, 4.69) is 5.32 Å². The minimum atomic E-state index is -0.722. The molecule has 0 spiro atoms. The maximum atomic E-state index is 12.8. The van der Waals surface area contributed by atoms with Crippen molar-refractivity contribution < 1.29 is 19.1 Å². The van der Waals surface area contributed by atoms with E-state index in [0.717, 1.165) is 5.56 Å². The fraction of sp³-hybridized carbons (Fsp3) is 0.300. The lowest BCUT2D eigenvalue weighted by molar-refractivity contribution is -0.147. The van der Waals surface area contributed by atoms with Crippen molar-refractivity contribution >= 4 is 17.7 Å². The topological polar surface area (TPSA) is 67.9 Å². The number of urea groups is 1. The molecule has 0 aliphatic rings. The minimum absolute atomic E-state index is 0.264. The van der Waals surface area contributed by atoms with Crippen molar-refractivity contribution in [1.29, 1.82) is 0 Å². The van der Waals surface area contributed by atoms with Gasteiger partial charge in [-0.2, -0.15) is 0 Å². The number of hydrogen-bond donors (Lipinski definition) is 1. The third-order valence-corrected chi connectivity index (χ3v) is 3.87. The van der Waals surface area contributed by atoms with E-state index in [-0.39, 0.29) is 19.2 Å². The van der Waals surface area contributed by atoms with Crippen molar-refractivity contribution in [2.75, 3.05) is 19.0 Å². The average Bonchev–Trinajstić information content (AvgIpc) is 2.66. The summed E-state index contributed by atoms with van der Waals surface area (Å²) in [5.74, 6) is 0.195. The summed E-state index contributed by atoms with van der Waals surface area (Å²) in [7, 11) is 1.56. The van der Waals surface area contributed by atoms with Gasteiger partial charge in [-0.3, -0.25) is 0 Å². The van der Waals surface area contributed by atoms with Crippen LogP contribution >= 0.6 is 0 Å². The van der Waals surface area contributed by atoms with Crippen LogP contribution in [0, 0.1) is 0 Å². The molecule has 0 heterocycles.